The summed E-state index contributed by atoms with van der Waals surface area (Å²) in [5, 5.41) is 5.55. The average Bonchev–Trinajstić information content (AvgIpc) is 3.04. The summed E-state index contributed by atoms with van der Waals surface area (Å²) in [4.78, 5) is 2.59. The summed E-state index contributed by atoms with van der Waals surface area (Å²) in [5.74, 6) is 0.806. The van der Waals surface area contributed by atoms with Crippen LogP contribution in [-0.4, -0.2) is 23.1 Å². The van der Waals surface area contributed by atoms with Crippen LogP contribution in [0.5, 0.6) is 0 Å². The van der Waals surface area contributed by atoms with Gasteiger partial charge in [0.15, 0.2) is 5.58 Å². The molecule has 2 aromatic carbocycles. The van der Waals surface area contributed by atoms with Crippen LogP contribution in [0.1, 0.15) is 41.6 Å². The molecule has 1 aliphatic heterocycles. The molecule has 1 aromatic heterocycles. The summed E-state index contributed by atoms with van der Waals surface area (Å²) in [6.07, 6.45) is 4.83. The van der Waals surface area contributed by atoms with Crippen LogP contribution in [0, 0.1) is 19.8 Å². The number of rotatable bonds is 5. The highest BCUT2D eigenvalue weighted by molar-refractivity contribution is 5.81. The molecule has 136 valence electrons. The molecule has 26 heavy (non-hydrogen) atoms. The molecule has 0 N–H and O–H groups in total. The molecule has 0 spiro atoms. The zero-order valence-electron chi connectivity index (χ0n) is 15.9. The van der Waals surface area contributed by atoms with Crippen molar-refractivity contribution >= 4 is 11.0 Å². The van der Waals surface area contributed by atoms with Crippen molar-refractivity contribution in [3.63, 3.8) is 0 Å². The second-order valence-electron chi connectivity index (χ2n) is 7.81. The highest BCUT2D eigenvalue weighted by Gasteiger charge is 2.20. The molecule has 0 radical (unpaired) electrons. The van der Waals surface area contributed by atoms with Gasteiger partial charge >= 0.3 is 0 Å². The molecule has 3 aromatic rings. The van der Waals surface area contributed by atoms with Crippen molar-refractivity contribution in [1.29, 1.82) is 0 Å². The van der Waals surface area contributed by atoms with Crippen molar-refractivity contribution in [3.8, 4) is 0 Å². The van der Waals surface area contributed by atoms with Gasteiger partial charge in [0, 0.05) is 11.9 Å². The minimum Gasteiger partial charge on any atom is -0.356 e. The fraction of sp³-hybridized carbons (Fsp3) is 0.435. The first kappa shape index (κ1) is 17.3. The lowest BCUT2D eigenvalue weighted by atomic mass is 9.91. The number of aromatic nitrogens is 1. The Morgan fingerprint density at radius 2 is 1.77 bits per heavy atom. The molecule has 3 nitrogen and oxygen atoms in total. The summed E-state index contributed by atoms with van der Waals surface area (Å²) in [7, 11) is 0. The van der Waals surface area contributed by atoms with E-state index in [1.54, 1.807) is 0 Å². The van der Waals surface area contributed by atoms with Crippen molar-refractivity contribution in [3.05, 3.63) is 64.8 Å². The van der Waals surface area contributed by atoms with Crippen molar-refractivity contribution in [2.24, 2.45) is 5.92 Å². The van der Waals surface area contributed by atoms with Gasteiger partial charge in [-0.25, -0.2) is 0 Å². The molecule has 0 saturated carbocycles. The quantitative estimate of drug-likeness (QED) is 0.627. The maximum absolute atomic E-state index is 5.55. The molecule has 0 bridgehead atoms. The number of piperidine rings is 1. The van der Waals surface area contributed by atoms with Gasteiger partial charge in [0.25, 0.3) is 0 Å². The lowest BCUT2D eigenvalue weighted by Gasteiger charge is -2.31. The molecule has 0 aliphatic carbocycles. The van der Waals surface area contributed by atoms with Crippen molar-refractivity contribution < 1.29 is 4.52 Å². The minimum atomic E-state index is 0.806. The molecular formula is C23H28N2O. The average molecular weight is 348 g/mol. The Labute approximate surface area is 156 Å². The number of nitrogens with zero attached hydrogens (tertiary/aromatic N) is 2. The number of likely N-dealkylation sites (tertiary alicyclic amines) is 1. The van der Waals surface area contributed by atoms with Crippen LogP contribution in [-0.2, 0) is 13.0 Å². The Morgan fingerprint density at radius 3 is 2.54 bits per heavy atom. The lowest BCUT2D eigenvalue weighted by Crippen LogP contribution is -2.33. The van der Waals surface area contributed by atoms with Crippen molar-refractivity contribution in [2.75, 3.05) is 13.1 Å². The van der Waals surface area contributed by atoms with Crippen LogP contribution < -0.4 is 0 Å². The number of hydrogen-bond donors (Lipinski definition) is 0. The maximum atomic E-state index is 5.55. The second-order valence-corrected chi connectivity index (χ2v) is 7.81. The van der Waals surface area contributed by atoms with E-state index < -0.39 is 0 Å². The second kappa shape index (κ2) is 7.63. The Kier molecular flexibility index (Phi) is 5.07. The summed E-state index contributed by atoms with van der Waals surface area (Å²) in [6.45, 7) is 7.78. The van der Waals surface area contributed by atoms with Gasteiger partial charge < -0.3 is 4.52 Å². The van der Waals surface area contributed by atoms with Crippen molar-refractivity contribution in [1.82, 2.24) is 10.1 Å². The SMILES string of the molecule is Cc1cc2onc(CCC3CCN(Cc4ccccc4)CC3)c2cc1C. The first-order valence-corrected chi connectivity index (χ1v) is 9.81. The van der Waals surface area contributed by atoms with E-state index >= 15 is 0 Å². The lowest BCUT2D eigenvalue weighted by molar-refractivity contribution is 0.172. The number of aryl methyl sites for hydroxylation is 3. The smallest absolute Gasteiger partial charge is 0.167 e. The Bertz CT molecular complexity index is 861. The standard InChI is InChI=1S/C23H28N2O/c1-17-14-21-22(24-26-23(21)15-18(17)2)9-8-19-10-12-25(13-11-19)16-20-6-4-3-5-7-20/h3-7,14-15,19H,8-13,16H2,1-2H3. The zero-order valence-corrected chi connectivity index (χ0v) is 15.9. The molecule has 0 atom stereocenters. The van der Waals surface area contributed by atoms with Gasteiger partial charge in [-0.3, -0.25) is 4.90 Å². The molecule has 2 heterocycles. The van der Waals surface area contributed by atoms with E-state index in [-0.39, 0.29) is 0 Å². The largest absolute Gasteiger partial charge is 0.356 e. The molecule has 0 unspecified atom stereocenters. The Morgan fingerprint density at radius 1 is 1.04 bits per heavy atom. The van der Waals surface area contributed by atoms with Gasteiger partial charge in [-0.05, 0) is 87.4 Å². The maximum Gasteiger partial charge on any atom is 0.167 e. The Hall–Kier alpha value is -2.13. The van der Waals surface area contributed by atoms with Crippen LogP contribution in [0.25, 0.3) is 11.0 Å². The predicted octanol–water partition coefficient (Wildman–Crippen LogP) is 5.29. The molecule has 3 heteroatoms. The van der Waals surface area contributed by atoms with E-state index in [9.17, 15) is 0 Å². The van der Waals surface area contributed by atoms with Crippen LogP contribution in [0.2, 0.25) is 0 Å². The van der Waals surface area contributed by atoms with Gasteiger partial charge in [0.05, 0.1) is 5.69 Å². The van der Waals surface area contributed by atoms with Gasteiger partial charge in [0.2, 0.25) is 0 Å². The summed E-state index contributed by atoms with van der Waals surface area (Å²) in [5.41, 5.74) is 6.07. The normalized spacial score (nSPS) is 16.4. The van der Waals surface area contributed by atoms with Crippen LogP contribution in [0.3, 0.4) is 0 Å². The van der Waals surface area contributed by atoms with E-state index in [0.717, 1.165) is 30.2 Å². The van der Waals surface area contributed by atoms with Crippen LogP contribution in [0.15, 0.2) is 47.0 Å². The third-order valence-corrected chi connectivity index (χ3v) is 5.91. The first-order valence-electron chi connectivity index (χ1n) is 9.81. The van der Waals surface area contributed by atoms with Crippen LogP contribution >= 0.6 is 0 Å². The summed E-state index contributed by atoms with van der Waals surface area (Å²) >= 11 is 0. The predicted molar refractivity (Wildman–Crippen MR) is 106 cm³/mol. The van der Waals surface area contributed by atoms with E-state index in [1.807, 2.05) is 0 Å². The zero-order chi connectivity index (χ0) is 17.9. The molecule has 1 saturated heterocycles. The highest BCUT2D eigenvalue weighted by atomic mass is 16.5. The molecule has 0 amide bonds. The summed E-state index contributed by atoms with van der Waals surface area (Å²) in [6, 6.07) is 15.2. The number of fused-ring (bicyclic) bond motifs is 1. The number of benzene rings is 2. The summed E-state index contributed by atoms with van der Waals surface area (Å²) < 4.78 is 5.55. The molecular weight excluding hydrogens is 320 g/mol. The van der Waals surface area contributed by atoms with E-state index in [2.05, 4.69) is 66.4 Å². The number of hydrogen-bond acceptors (Lipinski definition) is 3. The Balaban J connectivity index is 1.31. The van der Waals surface area contributed by atoms with E-state index in [4.69, 9.17) is 4.52 Å². The third kappa shape index (κ3) is 3.83. The van der Waals surface area contributed by atoms with Crippen LogP contribution in [0.4, 0.5) is 0 Å². The van der Waals surface area contributed by atoms with E-state index in [1.165, 1.54) is 54.4 Å². The molecule has 1 fully saturated rings. The van der Waals surface area contributed by atoms with Gasteiger partial charge in [-0.2, -0.15) is 0 Å². The third-order valence-electron chi connectivity index (χ3n) is 5.91. The monoisotopic (exact) mass is 348 g/mol. The molecule has 4 rings (SSSR count). The fourth-order valence-corrected chi connectivity index (χ4v) is 4.04. The first-order chi connectivity index (χ1) is 12.7. The minimum absolute atomic E-state index is 0.806. The molecule has 1 aliphatic rings. The van der Waals surface area contributed by atoms with Gasteiger partial charge in [-0.1, -0.05) is 35.5 Å². The highest BCUT2D eigenvalue weighted by Crippen LogP contribution is 2.27. The van der Waals surface area contributed by atoms with Gasteiger partial charge in [0.1, 0.15) is 0 Å². The van der Waals surface area contributed by atoms with Crippen molar-refractivity contribution in [2.45, 2.75) is 46.1 Å². The topological polar surface area (TPSA) is 29.3 Å². The van der Waals surface area contributed by atoms with Gasteiger partial charge in [-0.15, -0.1) is 0 Å². The van der Waals surface area contributed by atoms with E-state index in [0.29, 0.717) is 0 Å². The fourth-order valence-electron chi connectivity index (χ4n) is 4.04.